The molecule has 2 bridgehead atoms. The molecule has 0 N–H and O–H groups in total. The molecule has 3 rings (SSSR count). The van der Waals surface area contributed by atoms with Crippen LogP contribution in [0.5, 0.6) is 5.88 Å². The molecule has 150 valence electrons. The summed E-state index contributed by atoms with van der Waals surface area (Å²) in [6.45, 7) is 12.9. The summed E-state index contributed by atoms with van der Waals surface area (Å²) in [7, 11) is 0. The number of hydrogen-bond acceptors (Lipinski definition) is 6. The third kappa shape index (κ3) is 5.32. The van der Waals surface area contributed by atoms with Crippen molar-refractivity contribution in [2.75, 3.05) is 26.3 Å². The van der Waals surface area contributed by atoms with Gasteiger partial charge in [0.05, 0.1) is 31.4 Å². The number of hydrogen-bond donors (Lipinski definition) is 0. The molecule has 1 aromatic rings. The molecule has 0 radical (unpaired) electrons. The van der Waals surface area contributed by atoms with Gasteiger partial charge in [0, 0.05) is 31.9 Å². The van der Waals surface area contributed by atoms with Crippen molar-refractivity contribution in [3.8, 4) is 5.88 Å². The van der Waals surface area contributed by atoms with E-state index in [1.54, 1.807) is 0 Å². The van der Waals surface area contributed by atoms with Gasteiger partial charge in [-0.25, -0.2) is 9.78 Å². The van der Waals surface area contributed by atoms with E-state index in [4.69, 9.17) is 14.2 Å². The Morgan fingerprint density at radius 3 is 2.44 bits per heavy atom. The number of nitrogens with zero attached hydrogens (tertiary/aromatic N) is 3. The molecular formula is C20H31N3O4. The highest BCUT2D eigenvalue weighted by Gasteiger charge is 2.40. The first-order chi connectivity index (χ1) is 12.7. The highest BCUT2D eigenvalue weighted by atomic mass is 16.6. The van der Waals surface area contributed by atoms with Crippen LogP contribution in [0.4, 0.5) is 4.79 Å². The third-order valence-corrected chi connectivity index (χ3v) is 4.59. The highest BCUT2D eigenvalue weighted by molar-refractivity contribution is 5.68. The maximum atomic E-state index is 12.5. The minimum atomic E-state index is -0.481. The Kier molecular flexibility index (Phi) is 5.91. The average Bonchev–Trinajstić information content (AvgIpc) is 2.54. The van der Waals surface area contributed by atoms with Gasteiger partial charge in [-0.15, -0.1) is 0 Å². The van der Waals surface area contributed by atoms with Crippen molar-refractivity contribution in [3.05, 3.63) is 23.9 Å². The lowest BCUT2D eigenvalue weighted by molar-refractivity contribution is -0.101. The molecule has 2 saturated heterocycles. The van der Waals surface area contributed by atoms with Crippen molar-refractivity contribution >= 4 is 6.09 Å². The van der Waals surface area contributed by atoms with E-state index in [2.05, 4.69) is 16.0 Å². The first-order valence-corrected chi connectivity index (χ1v) is 9.64. The quantitative estimate of drug-likeness (QED) is 0.804. The van der Waals surface area contributed by atoms with E-state index in [-0.39, 0.29) is 24.3 Å². The molecule has 2 unspecified atom stereocenters. The Hall–Kier alpha value is -1.86. The number of amides is 1. The smallest absolute Gasteiger partial charge is 0.410 e. The molecular weight excluding hydrogens is 346 g/mol. The summed E-state index contributed by atoms with van der Waals surface area (Å²) in [5.74, 6) is 0.645. The summed E-state index contributed by atoms with van der Waals surface area (Å²) in [5, 5.41) is 0. The zero-order valence-electron chi connectivity index (χ0n) is 17.0. The van der Waals surface area contributed by atoms with E-state index in [0.717, 1.165) is 12.1 Å². The zero-order chi connectivity index (χ0) is 19.6. The number of aromatic nitrogens is 1. The lowest BCUT2D eigenvalue weighted by Gasteiger charge is -2.49. The molecule has 7 nitrogen and oxygen atoms in total. The minimum Gasteiger partial charge on any atom is -0.475 e. The predicted molar refractivity (Wildman–Crippen MR) is 102 cm³/mol. The van der Waals surface area contributed by atoms with E-state index in [1.165, 1.54) is 0 Å². The number of carbonyl (C=O) groups is 1. The third-order valence-electron chi connectivity index (χ3n) is 4.59. The minimum absolute atomic E-state index is 0.112. The Labute approximate surface area is 161 Å². The molecule has 2 aliphatic rings. The van der Waals surface area contributed by atoms with Crippen LogP contribution in [0.1, 0.15) is 40.2 Å². The molecule has 3 heterocycles. The Morgan fingerprint density at radius 1 is 1.26 bits per heavy atom. The van der Waals surface area contributed by atoms with Crippen molar-refractivity contribution in [2.45, 2.75) is 65.0 Å². The van der Waals surface area contributed by atoms with Crippen LogP contribution >= 0.6 is 0 Å². The van der Waals surface area contributed by atoms with Crippen LogP contribution in [-0.4, -0.2) is 71.0 Å². The average molecular weight is 377 g/mol. The summed E-state index contributed by atoms with van der Waals surface area (Å²) in [6.07, 6.45) is 1.74. The number of morpholine rings is 1. The van der Waals surface area contributed by atoms with Crippen molar-refractivity contribution < 1.29 is 19.0 Å². The second kappa shape index (κ2) is 8.02. The van der Waals surface area contributed by atoms with Crippen LogP contribution in [-0.2, 0) is 16.0 Å². The molecule has 2 atom stereocenters. The fourth-order valence-electron chi connectivity index (χ4n) is 3.49. The zero-order valence-corrected chi connectivity index (χ0v) is 17.0. The van der Waals surface area contributed by atoms with E-state index < -0.39 is 5.60 Å². The molecule has 7 heteroatoms. The van der Waals surface area contributed by atoms with Crippen LogP contribution in [0.3, 0.4) is 0 Å². The first kappa shape index (κ1) is 19.9. The van der Waals surface area contributed by atoms with E-state index in [9.17, 15) is 4.79 Å². The Balaban J connectivity index is 1.63. The van der Waals surface area contributed by atoms with Crippen molar-refractivity contribution in [2.24, 2.45) is 0 Å². The van der Waals surface area contributed by atoms with Crippen LogP contribution in [0, 0.1) is 0 Å². The number of pyridine rings is 1. The Bertz CT molecular complexity index is 628. The second-order valence-corrected chi connectivity index (χ2v) is 8.57. The molecule has 0 spiro atoms. The van der Waals surface area contributed by atoms with Gasteiger partial charge in [-0.2, -0.15) is 0 Å². The maximum absolute atomic E-state index is 12.5. The lowest BCUT2D eigenvalue weighted by atomic mass is 10.0. The van der Waals surface area contributed by atoms with Gasteiger partial charge in [0.1, 0.15) is 5.60 Å². The number of rotatable bonds is 4. The molecule has 1 amide bonds. The van der Waals surface area contributed by atoms with Crippen molar-refractivity contribution in [1.82, 2.24) is 14.8 Å². The summed E-state index contributed by atoms with van der Waals surface area (Å²) in [6, 6.07) is 4.30. The summed E-state index contributed by atoms with van der Waals surface area (Å²) in [5.41, 5.74) is 0.652. The number of ether oxygens (including phenoxy) is 3. The van der Waals surface area contributed by atoms with Crippen LogP contribution in [0.15, 0.2) is 18.3 Å². The molecule has 2 fully saturated rings. The number of piperazine rings is 1. The predicted octanol–water partition coefficient (Wildman–Crippen LogP) is 2.69. The van der Waals surface area contributed by atoms with Gasteiger partial charge in [-0.1, -0.05) is 6.07 Å². The summed E-state index contributed by atoms with van der Waals surface area (Å²) < 4.78 is 16.9. The van der Waals surface area contributed by atoms with Crippen molar-refractivity contribution in [3.63, 3.8) is 0 Å². The van der Waals surface area contributed by atoms with Crippen LogP contribution in [0.25, 0.3) is 0 Å². The van der Waals surface area contributed by atoms with Crippen LogP contribution < -0.4 is 4.74 Å². The van der Waals surface area contributed by atoms with Crippen molar-refractivity contribution in [1.29, 1.82) is 0 Å². The van der Waals surface area contributed by atoms with Gasteiger partial charge in [0.15, 0.2) is 0 Å². The first-order valence-electron chi connectivity index (χ1n) is 9.64. The molecule has 1 aromatic heterocycles. The molecule has 2 aliphatic heterocycles. The standard InChI is InChI=1S/C20H31N3O4/c1-14(2)26-18-7-6-15(8-21-18)9-23-16-10-22(11-17(23)13-25-12-16)19(24)27-20(3,4)5/h6-8,14,16-17H,9-13H2,1-5H3. The maximum Gasteiger partial charge on any atom is 0.410 e. The number of carbonyl (C=O) groups excluding carboxylic acids is 1. The molecule has 0 saturated carbocycles. The van der Waals surface area contributed by atoms with Gasteiger partial charge in [0.2, 0.25) is 5.88 Å². The normalized spacial score (nSPS) is 23.4. The van der Waals surface area contributed by atoms with Crippen LogP contribution in [0.2, 0.25) is 0 Å². The van der Waals surface area contributed by atoms with Gasteiger partial charge < -0.3 is 19.1 Å². The Morgan fingerprint density at radius 2 is 1.93 bits per heavy atom. The van der Waals surface area contributed by atoms with E-state index >= 15 is 0 Å². The van der Waals surface area contributed by atoms with Gasteiger partial charge in [0.25, 0.3) is 0 Å². The lowest BCUT2D eigenvalue weighted by Crippen LogP contribution is -2.65. The van der Waals surface area contributed by atoms with E-state index in [0.29, 0.717) is 32.2 Å². The summed E-state index contributed by atoms with van der Waals surface area (Å²) >= 11 is 0. The summed E-state index contributed by atoms with van der Waals surface area (Å²) in [4.78, 5) is 21.1. The molecule has 0 aromatic carbocycles. The number of fused-ring (bicyclic) bond motifs is 2. The SMILES string of the molecule is CC(C)Oc1ccc(CN2C3COCC2CN(C(=O)OC(C)(C)C)C3)cn1. The second-order valence-electron chi connectivity index (χ2n) is 8.57. The van der Waals surface area contributed by atoms with Gasteiger partial charge in [-0.05, 0) is 40.2 Å². The van der Waals surface area contributed by atoms with E-state index in [1.807, 2.05) is 51.8 Å². The molecule has 27 heavy (non-hydrogen) atoms. The topological polar surface area (TPSA) is 64.1 Å². The monoisotopic (exact) mass is 377 g/mol. The largest absolute Gasteiger partial charge is 0.475 e. The molecule has 0 aliphatic carbocycles. The van der Waals surface area contributed by atoms with Gasteiger partial charge in [-0.3, -0.25) is 4.90 Å². The fraction of sp³-hybridized carbons (Fsp3) is 0.700. The van der Waals surface area contributed by atoms with Gasteiger partial charge >= 0.3 is 6.09 Å². The fourth-order valence-corrected chi connectivity index (χ4v) is 3.49. The highest BCUT2D eigenvalue weighted by Crippen LogP contribution is 2.25.